The summed E-state index contributed by atoms with van der Waals surface area (Å²) in [5.74, 6) is -0.300. The number of hydrogen-bond donors (Lipinski definition) is 1. The minimum atomic E-state index is -0.300. The van der Waals surface area contributed by atoms with Crippen LogP contribution in [0.2, 0.25) is 0 Å². The van der Waals surface area contributed by atoms with E-state index in [1.54, 1.807) is 30.5 Å². The summed E-state index contributed by atoms with van der Waals surface area (Å²) < 4.78 is 4.76. The van der Waals surface area contributed by atoms with Crippen molar-refractivity contribution < 1.29 is 9.53 Å². The van der Waals surface area contributed by atoms with Gasteiger partial charge in [0.2, 0.25) is 0 Å². The summed E-state index contributed by atoms with van der Waals surface area (Å²) in [5, 5.41) is 6.23. The molecule has 0 bridgehead atoms. The van der Waals surface area contributed by atoms with Crippen LogP contribution in [-0.4, -0.2) is 24.1 Å². The molecule has 0 radical (unpaired) electrons. The molecule has 4 nitrogen and oxygen atoms in total. The van der Waals surface area contributed by atoms with Crippen LogP contribution in [0.25, 0.3) is 0 Å². The minimum absolute atomic E-state index is 0.201. The summed E-state index contributed by atoms with van der Waals surface area (Å²) in [6.45, 7) is 4.86. The maximum atomic E-state index is 11.0. The van der Waals surface area contributed by atoms with Gasteiger partial charge in [-0.25, -0.2) is 9.78 Å². The molecule has 1 heterocycles. The monoisotopic (exact) mass is 240 g/mol. The number of nitrogens with one attached hydrogen (secondary N) is 1. The highest BCUT2D eigenvalue weighted by molar-refractivity contribution is 7.09. The fourth-order valence-corrected chi connectivity index (χ4v) is 1.80. The molecule has 1 atom stereocenters. The number of nitrogens with zero attached hydrogens (tertiary/aromatic N) is 1. The molecule has 0 amide bonds. The molecule has 88 valence electrons. The van der Waals surface area contributed by atoms with Gasteiger partial charge in [-0.05, 0) is 13.8 Å². The van der Waals surface area contributed by atoms with Gasteiger partial charge in [-0.15, -0.1) is 11.3 Å². The fourth-order valence-electron chi connectivity index (χ4n) is 1.13. The van der Waals surface area contributed by atoms with Crippen LogP contribution in [0, 0.1) is 0 Å². The lowest BCUT2D eigenvalue weighted by atomic mass is 10.3. The molecule has 1 aromatic rings. The van der Waals surface area contributed by atoms with E-state index in [9.17, 15) is 4.79 Å². The van der Waals surface area contributed by atoms with Gasteiger partial charge in [0.25, 0.3) is 0 Å². The lowest BCUT2D eigenvalue weighted by Crippen LogP contribution is -2.18. The minimum Gasteiger partial charge on any atom is -0.463 e. The van der Waals surface area contributed by atoms with Gasteiger partial charge in [0.15, 0.2) is 0 Å². The zero-order valence-corrected chi connectivity index (χ0v) is 10.3. The Morgan fingerprint density at radius 2 is 2.56 bits per heavy atom. The van der Waals surface area contributed by atoms with Gasteiger partial charge in [0.05, 0.1) is 12.6 Å². The molecule has 1 unspecified atom stereocenters. The van der Waals surface area contributed by atoms with E-state index in [0.29, 0.717) is 13.2 Å². The summed E-state index contributed by atoms with van der Waals surface area (Å²) in [4.78, 5) is 15.2. The summed E-state index contributed by atoms with van der Waals surface area (Å²) >= 11 is 1.61. The average Bonchev–Trinajstić information content (AvgIpc) is 2.78. The molecule has 0 aliphatic carbocycles. The molecule has 0 aliphatic heterocycles. The van der Waals surface area contributed by atoms with E-state index in [2.05, 4.69) is 10.3 Å². The Morgan fingerprint density at radius 1 is 1.75 bits per heavy atom. The Hall–Kier alpha value is -1.20. The molecular weight excluding hydrogens is 224 g/mol. The Balaban J connectivity index is 2.23. The van der Waals surface area contributed by atoms with Crippen molar-refractivity contribution in [1.29, 1.82) is 0 Å². The summed E-state index contributed by atoms with van der Waals surface area (Å²) in [6, 6.07) is 0.201. The van der Waals surface area contributed by atoms with Crippen LogP contribution >= 0.6 is 11.3 Å². The lowest BCUT2D eigenvalue weighted by molar-refractivity contribution is -0.137. The third-order valence-electron chi connectivity index (χ3n) is 1.90. The van der Waals surface area contributed by atoms with Crippen molar-refractivity contribution in [3.8, 4) is 0 Å². The molecule has 1 N–H and O–H groups in total. The number of esters is 1. The SMILES string of the molecule is CCOC(=O)/C=C/CNC(C)c1nccs1. The van der Waals surface area contributed by atoms with E-state index in [4.69, 9.17) is 4.74 Å². The van der Waals surface area contributed by atoms with E-state index in [1.165, 1.54) is 6.08 Å². The molecule has 0 spiro atoms. The van der Waals surface area contributed by atoms with Gasteiger partial charge in [-0.2, -0.15) is 0 Å². The van der Waals surface area contributed by atoms with Gasteiger partial charge < -0.3 is 10.1 Å². The smallest absolute Gasteiger partial charge is 0.330 e. The summed E-state index contributed by atoms with van der Waals surface area (Å²) in [6.07, 6.45) is 4.97. The second-order valence-electron chi connectivity index (χ2n) is 3.15. The average molecular weight is 240 g/mol. The van der Waals surface area contributed by atoms with Gasteiger partial charge in [0, 0.05) is 24.2 Å². The van der Waals surface area contributed by atoms with Gasteiger partial charge in [-0.1, -0.05) is 6.08 Å². The van der Waals surface area contributed by atoms with Crippen LogP contribution < -0.4 is 5.32 Å². The Kier molecular flexibility index (Phi) is 5.74. The van der Waals surface area contributed by atoms with Gasteiger partial charge in [0.1, 0.15) is 5.01 Å². The Morgan fingerprint density at radius 3 is 3.19 bits per heavy atom. The number of ether oxygens (including phenoxy) is 1. The van der Waals surface area contributed by atoms with E-state index < -0.39 is 0 Å². The number of aromatic nitrogens is 1. The zero-order chi connectivity index (χ0) is 11.8. The van der Waals surface area contributed by atoms with Crippen molar-refractivity contribution in [3.05, 3.63) is 28.7 Å². The van der Waals surface area contributed by atoms with Crippen molar-refractivity contribution in [2.75, 3.05) is 13.2 Å². The van der Waals surface area contributed by atoms with E-state index in [0.717, 1.165) is 5.01 Å². The van der Waals surface area contributed by atoms with Gasteiger partial charge >= 0.3 is 5.97 Å². The second kappa shape index (κ2) is 7.14. The first-order valence-corrected chi connectivity index (χ1v) is 6.08. The van der Waals surface area contributed by atoms with Crippen LogP contribution in [-0.2, 0) is 9.53 Å². The molecule has 0 aromatic carbocycles. The standard InChI is InChI=1S/C11H16N2O2S/c1-3-15-10(14)5-4-6-12-9(2)11-13-7-8-16-11/h4-5,7-9,12H,3,6H2,1-2H3/b5-4+. The lowest BCUT2D eigenvalue weighted by Gasteiger charge is -2.08. The van der Waals surface area contributed by atoms with Crippen LogP contribution in [0.3, 0.4) is 0 Å². The molecular formula is C11H16N2O2S. The molecule has 16 heavy (non-hydrogen) atoms. The maximum Gasteiger partial charge on any atom is 0.330 e. The number of hydrogen-bond acceptors (Lipinski definition) is 5. The third-order valence-corrected chi connectivity index (χ3v) is 2.86. The second-order valence-corrected chi connectivity index (χ2v) is 4.08. The number of carbonyl (C=O) groups excluding carboxylic acids is 1. The number of thiazole rings is 1. The molecule has 0 fully saturated rings. The van der Waals surface area contributed by atoms with E-state index in [1.807, 2.05) is 12.3 Å². The van der Waals surface area contributed by atoms with Crippen molar-refractivity contribution in [1.82, 2.24) is 10.3 Å². The molecule has 1 rings (SSSR count). The summed E-state index contributed by atoms with van der Waals surface area (Å²) in [7, 11) is 0. The first kappa shape index (κ1) is 12.9. The van der Waals surface area contributed by atoms with Crippen molar-refractivity contribution >= 4 is 17.3 Å². The Bertz CT molecular complexity index is 336. The third kappa shape index (κ3) is 4.55. The van der Waals surface area contributed by atoms with E-state index >= 15 is 0 Å². The highest BCUT2D eigenvalue weighted by Crippen LogP contribution is 2.13. The largest absolute Gasteiger partial charge is 0.463 e. The molecule has 1 aromatic heterocycles. The number of carbonyl (C=O) groups is 1. The molecule has 5 heteroatoms. The molecule has 0 aliphatic rings. The van der Waals surface area contributed by atoms with Crippen LogP contribution in [0.1, 0.15) is 24.9 Å². The van der Waals surface area contributed by atoms with Crippen LogP contribution in [0.15, 0.2) is 23.7 Å². The first-order chi connectivity index (χ1) is 7.74. The maximum absolute atomic E-state index is 11.0. The van der Waals surface area contributed by atoms with Crippen LogP contribution in [0.4, 0.5) is 0 Å². The van der Waals surface area contributed by atoms with Crippen LogP contribution in [0.5, 0.6) is 0 Å². The highest BCUT2D eigenvalue weighted by Gasteiger charge is 2.05. The molecule has 0 saturated carbocycles. The van der Waals surface area contributed by atoms with Gasteiger partial charge in [-0.3, -0.25) is 0 Å². The Labute approximate surface area is 99.3 Å². The normalized spacial score (nSPS) is 12.9. The summed E-state index contributed by atoms with van der Waals surface area (Å²) in [5.41, 5.74) is 0. The predicted octanol–water partition coefficient (Wildman–Crippen LogP) is 1.91. The highest BCUT2D eigenvalue weighted by atomic mass is 32.1. The number of rotatable bonds is 6. The topological polar surface area (TPSA) is 51.2 Å². The fraction of sp³-hybridized carbons (Fsp3) is 0.455. The first-order valence-electron chi connectivity index (χ1n) is 5.20. The van der Waals surface area contributed by atoms with Crippen molar-refractivity contribution in [3.63, 3.8) is 0 Å². The van der Waals surface area contributed by atoms with Crippen molar-refractivity contribution in [2.45, 2.75) is 19.9 Å². The molecule has 0 saturated heterocycles. The van der Waals surface area contributed by atoms with Crippen molar-refractivity contribution in [2.24, 2.45) is 0 Å². The predicted molar refractivity (Wildman–Crippen MR) is 64.3 cm³/mol. The quantitative estimate of drug-likeness (QED) is 0.609. The zero-order valence-electron chi connectivity index (χ0n) is 9.47. The van der Waals surface area contributed by atoms with E-state index in [-0.39, 0.29) is 12.0 Å².